The Kier molecular flexibility index (Phi) is 4.41. The normalized spacial score (nSPS) is 21.0. The summed E-state index contributed by atoms with van der Waals surface area (Å²) in [5.41, 5.74) is 0. The van der Waals surface area contributed by atoms with Gasteiger partial charge in [-0.2, -0.15) is 0 Å². The van der Waals surface area contributed by atoms with Crippen LogP contribution in [0.4, 0.5) is 0 Å². The van der Waals surface area contributed by atoms with Crippen molar-refractivity contribution in [3.8, 4) is 0 Å². The number of nitrogens with zero attached hydrogens (tertiary/aromatic N) is 1. The summed E-state index contributed by atoms with van der Waals surface area (Å²) < 4.78 is 5.15. The van der Waals surface area contributed by atoms with Crippen LogP contribution in [-0.4, -0.2) is 52.3 Å². The number of ether oxygens (including phenoxy) is 1. The van der Waals surface area contributed by atoms with E-state index >= 15 is 0 Å². The number of hydrogen-bond donors (Lipinski definition) is 1. The van der Waals surface area contributed by atoms with Gasteiger partial charge in [-0.15, -0.1) is 11.8 Å². The van der Waals surface area contributed by atoms with Crippen LogP contribution >= 0.6 is 11.8 Å². The van der Waals surface area contributed by atoms with E-state index in [1.165, 1.54) is 16.7 Å². The summed E-state index contributed by atoms with van der Waals surface area (Å²) in [4.78, 5) is 23.8. The van der Waals surface area contributed by atoms with Crippen LogP contribution < -0.4 is 0 Å². The van der Waals surface area contributed by atoms with E-state index in [1.54, 1.807) is 0 Å². The molecule has 0 bridgehead atoms. The first-order valence-corrected chi connectivity index (χ1v) is 5.89. The molecule has 1 saturated heterocycles. The van der Waals surface area contributed by atoms with Crippen LogP contribution in [0, 0.1) is 0 Å². The standard InChI is InChI=1S/C9H15NO4S/c1-6(2)14-3-8(11)10-5-15-4-7(10)9(12)13/h6-7H,3-5H2,1-2H3,(H,12,13)/t7-/m0/s1. The molecule has 0 aromatic carbocycles. The minimum absolute atomic E-state index is 0.0208. The van der Waals surface area contributed by atoms with Gasteiger partial charge in [-0.05, 0) is 13.8 Å². The lowest BCUT2D eigenvalue weighted by Crippen LogP contribution is -2.43. The minimum atomic E-state index is -0.946. The van der Waals surface area contributed by atoms with Gasteiger partial charge in [0.15, 0.2) is 0 Å². The first kappa shape index (κ1) is 12.3. The molecule has 1 aliphatic rings. The molecule has 86 valence electrons. The van der Waals surface area contributed by atoms with Gasteiger partial charge in [-0.25, -0.2) is 4.79 Å². The molecular weight excluding hydrogens is 218 g/mol. The molecule has 1 heterocycles. The van der Waals surface area contributed by atoms with Gasteiger partial charge >= 0.3 is 5.97 Å². The Bertz CT molecular complexity index is 256. The van der Waals surface area contributed by atoms with E-state index in [0.29, 0.717) is 11.6 Å². The van der Waals surface area contributed by atoms with Crippen LogP contribution in [0.5, 0.6) is 0 Å². The predicted octanol–water partition coefficient (Wildman–Crippen LogP) is 0.397. The second kappa shape index (κ2) is 5.37. The monoisotopic (exact) mass is 233 g/mol. The van der Waals surface area contributed by atoms with Crippen LogP contribution in [-0.2, 0) is 14.3 Å². The Morgan fingerprint density at radius 2 is 2.27 bits per heavy atom. The number of hydrogen-bond acceptors (Lipinski definition) is 4. The third-order valence-electron chi connectivity index (χ3n) is 2.03. The highest BCUT2D eigenvalue weighted by Crippen LogP contribution is 2.21. The fraction of sp³-hybridized carbons (Fsp3) is 0.778. The van der Waals surface area contributed by atoms with E-state index < -0.39 is 12.0 Å². The highest BCUT2D eigenvalue weighted by molar-refractivity contribution is 7.99. The first-order chi connectivity index (χ1) is 7.02. The van der Waals surface area contributed by atoms with Gasteiger partial charge in [0.05, 0.1) is 12.0 Å². The molecule has 0 aliphatic carbocycles. The molecular formula is C9H15NO4S. The van der Waals surface area contributed by atoms with Crippen molar-refractivity contribution in [1.82, 2.24) is 4.90 Å². The third kappa shape index (κ3) is 3.39. The van der Waals surface area contributed by atoms with E-state index in [1.807, 2.05) is 13.8 Å². The van der Waals surface area contributed by atoms with Gasteiger partial charge in [0.2, 0.25) is 5.91 Å². The number of amides is 1. The van der Waals surface area contributed by atoms with Crippen molar-refractivity contribution in [3.63, 3.8) is 0 Å². The first-order valence-electron chi connectivity index (χ1n) is 4.74. The van der Waals surface area contributed by atoms with Gasteiger partial charge in [-0.1, -0.05) is 0 Å². The summed E-state index contributed by atoms with van der Waals surface area (Å²) in [5.74, 6) is -0.293. The molecule has 5 nitrogen and oxygen atoms in total. The second-order valence-electron chi connectivity index (χ2n) is 3.58. The van der Waals surface area contributed by atoms with Gasteiger partial charge < -0.3 is 14.7 Å². The van der Waals surface area contributed by atoms with E-state index in [4.69, 9.17) is 9.84 Å². The second-order valence-corrected chi connectivity index (χ2v) is 4.58. The Balaban J connectivity index is 2.47. The Labute approximate surface area is 92.8 Å². The lowest BCUT2D eigenvalue weighted by Gasteiger charge is -2.20. The predicted molar refractivity (Wildman–Crippen MR) is 56.7 cm³/mol. The Morgan fingerprint density at radius 3 is 2.80 bits per heavy atom. The number of carbonyl (C=O) groups is 2. The van der Waals surface area contributed by atoms with Gasteiger partial charge in [0, 0.05) is 5.75 Å². The molecule has 0 aromatic rings. The van der Waals surface area contributed by atoms with Gasteiger partial charge in [0.1, 0.15) is 12.6 Å². The molecule has 6 heteroatoms. The molecule has 1 N–H and O–H groups in total. The van der Waals surface area contributed by atoms with E-state index in [2.05, 4.69) is 0 Å². The molecule has 1 rings (SSSR count). The number of aliphatic carboxylic acids is 1. The molecule has 0 spiro atoms. The van der Waals surface area contributed by atoms with Gasteiger partial charge in [0.25, 0.3) is 0 Å². The number of rotatable bonds is 4. The zero-order chi connectivity index (χ0) is 11.4. The van der Waals surface area contributed by atoms with Crippen molar-refractivity contribution in [2.24, 2.45) is 0 Å². The zero-order valence-electron chi connectivity index (χ0n) is 8.80. The summed E-state index contributed by atoms with van der Waals surface area (Å²) in [5, 5.41) is 8.86. The van der Waals surface area contributed by atoms with Crippen molar-refractivity contribution in [3.05, 3.63) is 0 Å². The van der Waals surface area contributed by atoms with Crippen molar-refractivity contribution in [1.29, 1.82) is 0 Å². The molecule has 0 aromatic heterocycles. The summed E-state index contributed by atoms with van der Waals surface area (Å²) in [6, 6.07) is -0.696. The summed E-state index contributed by atoms with van der Waals surface area (Å²) >= 11 is 1.45. The van der Waals surface area contributed by atoms with Crippen molar-refractivity contribution in [2.75, 3.05) is 18.2 Å². The number of carboxylic acids is 1. The van der Waals surface area contributed by atoms with Gasteiger partial charge in [-0.3, -0.25) is 4.79 Å². The van der Waals surface area contributed by atoms with E-state index in [0.717, 1.165) is 0 Å². The Hall–Kier alpha value is -0.750. The molecule has 0 unspecified atom stereocenters. The fourth-order valence-corrected chi connectivity index (χ4v) is 2.39. The lowest BCUT2D eigenvalue weighted by atomic mass is 10.3. The summed E-state index contributed by atoms with van der Waals surface area (Å²) in [6.07, 6.45) is -0.0208. The maximum absolute atomic E-state index is 11.6. The smallest absolute Gasteiger partial charge is 0.327 e. The average Bonchev–Trinajstić information content (AvgIpc) is 2.62. The molecule has 1 atom stereocenters. The van der Waals surface area contributed by atoms with Crippen LogP contribution in [0.2, 0.25) is 0 Å². The zero-order valence-corrected chi connectivity index (χ0v) is 9.62. The number of carboxylic acid groups (broad SMARTS) is 1. The van der Waals surface area contributed by atoms with E-state index in [9.17, 15) is 9.59 Å². The topological polar surface area (TPSA) is 66.8 Å². The summed E-state index contributed by atoms with van der Waals surface area (Å²) in [6.45, 7) is 3.63. The largest absolute Gasteiger partial charge is 0.480 e. The molecule has 1 fully saturated rings. The molecule has 0 radical (unpaired) electrons. The maximum Gasteiger partial charge on any atom is 0.327 e. The summed E-state index contributed by atoms with van der Waals surface area (Å²) in [7, 11) is 0. The lowest BCUT2D eigenvalue weighted by molar-refractivity contribution is -0.150. The average molecular weight is 233 g/mol. The van der Waals surface area contributed by atoms with Crippen LogP contribution in [0.25, 0.3) is 0 Å². The Morgan fingerprint density at radius 1 is 1.60 bits per heavy atom. The molecule has 1 amide bonds. The highest BCUT2D eigenvalue weighted by atomic mass is 32.2. The van der Waals surface area contributed by atoms with Crippen molar-refractivity contribution < 1.29 is 19.4 Å². The third-order valence-corrected chi connectivity index (χ3v) is 3.04. The maximum atomic E-state index is 11.6. The molecule has 15 heavy (non-hydrogen) atoms. The number of thioether (sulfide) groups is 1. The molecule has 0 saturated carbocycles. The number of carbonyl (C=O) groups excluding carboxylic acids is 1. The van der Waals surface area contributed by atoms with E-state index in [-0.39, 0.29) is 18.6 Å². The fourth-order valence-electron chi connectivity index (χ4n) is 1.21. The molecule has 1 aliphatic heterocycles. The minimum Gasteiger partial charge on any atom is -0.480 e. The van der Waals surface area contributed by atoms with Crippen molar-refractivity contribution >= 4 is 23.6 Å². The highest BCUT2D eigenvalue weighted by Gasteiger charge is 2.34. The quantitative estimate of drug-likeness (QED) is 0.761. The SMILES string of the molecule is CC(C)OCC(=O)N1CSC[C@H]1C(=O)O. The van der Waals surface area contributed by atoms with Crippen molar-refractivity contribution in [2.45, 2.75) is 26.0 Å². The van der Waals surface area contributed by atoms with Crippen LogP contribution in [0.1, 0.15) is 13.8 Å². The van der Waals surface area contributed by atoms with Crippen LogP contribution in [0.3, 0.4) is 0 Å². The van der Waals surface area contributed by atoms with Crippen LogP contribution in [0.15, 0.2) is 0 Å².